The van der Waals surface area contributed by atoms with Crippen molar-refractivity contribution in [2.24, 2.45) is 0 Å². The highest BCUT2D eigenvalue weighted by molar-refractivity contribution is 6.30. The van der Waals surface area contributed by atoms with E-state index in [-0.39, 0.29) is 17.1 Å². The Labute approximate surface area is 180 Å². The van der Waals surface area contributed by atoms with E-state index in [2.05, 4.69) is 4.90 Å². The van der Waals surface area contributed by atoms with Crippen LogP contribution in [0.5, 0.6) is 0 Å². The van der Waals surface area contributed by atoms with Gasteiger partial charge in [0.05, 0.1) is 17.0 Å². The summed E-state index contributed by atoms with van der Waals surface area (Å²) >= 11 is 6.24. The Morgan fingerprint density at radius 1 is 1.10 bits per heavy atom. The Kier molecular flexibility index (Phi) is 5.43. The largest absolute Gasteiger partial charge is 0.450 e. The van der Waals surface area contributed by atoms with Gasteiger partial charge in [-0.2, -0.15) is 0 Å². The fraction of sp³-hybridized carbons (Fsp3) is 0.333. The van der Waals surface area contributed by atoms with Crippen LogP contribution in [0.25, 0.3) is 11.0 Å². The predicted molar refractivity (Wildman–Crippen MR) is 119 cm³/mol. The molecule has 1 aliphatic heterocycles. The SMILES string of the molecule is Cc1cc2oc3c(c(=O)c2cc1C)[C@@H](c1cccc(Cl)c1)N(CCCN(C)C)C3=O. The van der Waals surface area contributed by atoms with Gasteiger partial charge < -0.3 is 14.2 Å². The van der Waals surface area contributed by atoms with Crippen molar-refractivity contribution in [1.29, 1.82) is 0 Å². The van der Waals surface area contributed by atoms with Crippen LogP contribution in [0.1, 0.15) is 45.3 Å². The fourth-order valence-electron chi connectivity index (χ4n) is 4.09. The van der Waals surface area contributed by atoms with E-state index in [4.69, 9.17) is 16.0 Å². The molecular formula is C24H25ClN2O3. The number of rotatable bonds is 5. The molecule has 1 aromatic heterocycles. The summed E-state index contributed by atoms with van der Waals surface area (Å²) in [6.07, 6.45) is 0.787. The minimum absolute atomic E-state index is 0.144. The average Bonchev–Trinajstić information content (AvgIpc) is 2.96. The smallest absolute Gasteiger partial charge is 0.290 e. The van der Waals surface area contributed by atoms with Crippen molar-refractivity contribution < 1.29 is 9.21 Å². The number of hydrogen-bond donors (Lipinski definition) is 0. The van der Waals surface area contributed by atoms with E-state index in [0.29, 0.717) is 28.1 Å². The minimum Gasteiger partial charge on any atom is -0.450 e. The molecular weight excluding hydrogens is 400 g/mol. The molecule has 0 saturated heterocycles. The second-order valence-electron chi connectivity index (χ2n) is 8.22. The molecule has 5 nitrogen and oxygen atoms in total. The number of carbonyl (C=O) groups excluding carboxylic acids is 1. The average molecular weight is 425 g/mol. The molecule has 0 aliphatic carbocycles. The van der Waals surface area contributed by atoms with Crippen LogP contribution >= 0.6 is 11.6 Å². The van der Waals surface area contributed by atoms with Gasteiger partial charge in [0.2, 0.25) is 5.76 Å². The van der Waals surface area contributed by atoms with Crippen LogP contribution in [0.3, 0.4) is 0 Å². The standard InChI is InChI=1S/C24H25ClN2O3/c1-14-11-18-19(12-15(14)2)30-23-20(22(18)28)21(16-7-5-8-17(25)13-16)27(24(23)29)10-6-9-26(3)4/h5,7-8,11-13,21H,6,9-10H2,1-4H3/t21-/m1/s1. The Hall–Kier alpha value is -2.63. The van der Waals surface area contributed by atoms with Crippen molar-refractivity contribution in [3.63, 3.8) is 0 Å². The van der Waals surface area contributed by atoms with Crippen molar-refractivity contribution in [3.8, 4) is 0 Å². The number of carbonyl (C=O) groups is 1. The second kappa shape index (κ2) is 7.89. The van der Waals surface area contributed by atoms with Crippen LogP contribution in [-0.2, 0) is 0 Å². The Balaban J connectivity index is 1.91. The lowest BCUT2D eigenvalue weighted by Gasteiger charge is -2.25. The Morgan fingerprint density at radius 3 is 2.53 bits per heavy atom. The van der Waals surface area contributed by atoms with E-state index in [1.807, 2.05) is 58.3 Å². The summed E-state index contributed by atoms with van der Waals surface area (Å²) in [4.78, 5) is 30.7. The molecule has 1 amide bonds. The Bertz CT molecular complexity index is 1200. The summed E-state index contributed by atoms with van der Waals surface area (Å²) in [6, 6.07) is 10.5. The zero-order valence-corrected chi connectivity index (χ0v) is 18.4. The van der Waals surface area contributed by atoms with Crippen LogP contribution in [0.2, 0.25) is 5.02 Å². The van der Waals surface area contributed by atoms with E-state index in [0.717, 1.165) is 29.7 Å². The third-order valence-electron chi connectivity index (χ3n) is 5.75. The second-order valence-corrected chi connectivity index (χ2v) is 8.66. The maximum Gasteiger partial charge on any atom is 0.290 e. The van der Waals surface area contributed by atoms with Gasteiger partial charge in [0.25, 0.3) is 5.91 Å². The quantitative estimate of drug-likeness (QED) is 0.602. The predicted octanol–water partition coefficient (Wildman–Crippen LogP) is 4.56. The number of hydrogen-bond acceptors (Lipinski definition) is 4. The molecule has 1 atom stereocenters. The molecule has 2 aromatic carbocycles. The van der Waals surface area contributed by atoms with Crippen LogP contribution in [-0.4, -0.2) is 42.9 Å². The summed E-state index contributed by atoms with van der Waals surface area (Å²) < 4.78 is 6.04. The van der Waals surface area contributed by atoms with Crippen molar-refractivity contribution >= 4 is 28.5 Å². The molecule has 0 N–H and O–H groups in total. The lowest BCUT2D eigenvalue weighted by atomic mass is 9.97. The summed E-state index contributed by atoms with van der Waals surface area (Å²) in [5.74, 6) is -0.100. The highest BCUT2D eigenvalue weighted by Gasteiger charge is 2.42. The molecule has 6 heteroatoms. The van der Waals surface area contributed by atoms with E-state index < -0.39 is 6.04 Å². The first-order chi connectivity index (χ1) is 14.3. The molecule has 0 fully saturated rings. The molecule has 0 bridgehead atoms. The number of benzene rings is 2. The maximum absolute atomic E-state index is 13.5. The molecule has 4 rings (SSSR count). The minimum atomic E-state index is -0.504. The van der Waals surface area contributed by atoms with Crippen LogP contribution in [0.15, 0.2) is 45.6 Å². The summed E-state index contributed by atoms with van der Waals surface area (Å²) in [5.41, 5.74) is 3.56. The third kappa shape index (κ3) is 3.53. The highest BCUT2D eigenvalue weighted by Crippen LogP contribution is 2.39. The molecule has 0 saturated carbocycles. The number of aryl methyl sites for hydroxylation is 2. The number of nitrogens with zero attached hydrogens (tertiary/aromatic N) is 2. The first-order valence-corrected chi connectivity index (χ1v) is 10.4. The van der Waals surface area contributed by atoms with E-state index >= 15 is 0 Å². The summed E-state index contributed by atoms with van der Waals surface area (Å²) in [6.45, 7) is 5.29. The van der Waals surface area contributed by atoms with Crippen LogP contribution < -0.4 is 5.43 Å². The lowest BCUT2D eigenvalue weighted by Crippen LogP contribution is -2.32. The molecule has 0 unspecified atom stereocenters. The lowest BCUT2D eigenvalue weighted by molar-refractivity contribution is 0.0722. The monoisotopic (exact) mass is 424 g/mol. The van der Waals surface area contributed by atoms with Gasteiger partial charge in [-0.25, -0.2) is 0 Å². The maximum atomic E-state index is 13.5. The van der Waals surface area contributed by atoms with E-state index in [1.165, 1.54) is 0 Å². The van der Waals surface area contributed by atoms with Gasteiger partial charge >= 0.3 is 0 Å². The van der Waals surface area contributed by atoms with Crippen LogP contribution in [0, 0.1) is 13.8 Å². The van der Waals surface area contributed by atoms with Crippen molar-refractivity contribution in [2.45, 2.75) is 26.3 Å². The van der Waals surface area contributed by atoms with Gasteiger partial charge in [-0.15, -0.1) is 0 Å². The zero-order chi connectivity index (χ0) is 21.6. The first-order valence-electron chi connectivity index (χ1n) is 10.1. The van der Waals surface area contributed by atoms with Gasteiger partial charge in [0, 0.05) is 11.6 Å². The molecule has 0 spiro atoms. The van der Waals surface area contributed by atoms with Gasteiger partial charge in [0.15, 0.2) is 5.43 Å². The molecule has 2 heterocycles. The molecule has 0 radical (unpaired) electrons. The molecule has 1 aliphatic rings. The van der Waals surface area contributed by atoms with Crippen molar-refractivity contribution in [1.82, 2.24) is 9.80 Å². The van der Waals surface area contributed by atoms with Crippen molar-refractivity contribution in [3.05, 3.63) is 79.7 Å². The summed E-state index contributed by atoms with van der Waals surface area (Å²) in [5, 5.41) is 1.07. The number of halogens is 1. The fourth-order valence-corrected chi connectivity index (χ4v) is 4.29. The van der Waals surface area contributed by atoms with Gasteiger partial charge in [-0.3, -0.25) is 9.59 Å². The summed E-state index contributed by atoms with van der Waals surface area (Å²) in [7, 11) is 3.99. The van der Waals surface area contributed by atoms with Gasteiger partial charge in [-0.1, -0.05) is 23.7 Å². The zero-order valence-electron chi connectivity index (χ0n) is 17.7. The van der Waals surface area contributed by atoms with E-state index in [1.54, 1.807) is 11.0 Å². The van der Waals surface area contributed by atoms with Gasteiger partial charge in [0.1, 0.15) is 5.58 Å². The van der Waals surface area contributed by atoms with Crippen molar-refractivity contribution in [2.75, 3.05) is 27.2 Å². The van der Waals surface area contributed by atoms with Crippen LogP contribution in [0.4, 0.5) is 0 Å². The van der Waals surface area contributed by atoms with E-state index in [9.17, 15) is 9.59 Å². The molecule has 156 valence electrons. The number of amides is 1. The first kappa shape index (κ1) is 20.6. The molecule has 30 heavy (non-hydrogen) atoms. The molecule has 3 aromatic rings. The number of fused-ring (bicyclic) bond motifs is 2. The van der Waals surface area contributed by atoms with Gasteiger partial charge in [-0.05, 0) is 81.9 Å². The highest BCUT2D eigenvalue weighted by atomic mass is 35.5. The third-order valence-corrected chi connectivity index (χ3v) is 5.99. The topological polar surface area (TPSA) is 53.8 Å². The normalized spacial score (nSPS) is 16.0. The Morgan fingerprint density at radius 2 is 1.83 bits per heavy atom.